The van der Waals surface area contributed by atoms with E-state index in [-0.39, 0.29) is 36.8 Å². The standard InChI is InChI=1S/C19H26F3N3O3.C4H6O5/c1-19(2,3)28-10-16-18(27)24-4-5-25(16)17(26)8-12(23)6-11-7-14(21)15(22)9-13(11)20;5-2(4(8)9)1-3(6)7/h7,9,12,16H,4-6,8,10,23H2,1-3H3,(H,24,27);2,5H,1H2,(H,6,7)(H,8,9). The number of aliphatic hydroxyl groups excluding tert-OH is 1. The van der Waals surface area contributed by atoms with Gasteiger partial charge in [0.2, 0.25) is 11.8 Å². The predicted molar refractivity (Wildman–Crippen MR) is 123 cm³/mol. The van der Waals surface area contributed by atoms with Crippen molar-refractivity contribution in [1.82, 2.24) is 10.2 Å². The van der Waals surface area contributed by atoms with Crippen LogP contribution in [-0.4, -0.2) is 87.5 Å². The largest absolute Gasteiger partial charge is 0.481 e. The number of piperazine rings is 1. The average molecular weight is 536 g/mol. The van der Waals surface area contributed by atoms with Crippen molar-refractivity contribution in [2.45, 2.75) is 63.8 Å². The first-order valence-electron chi connectivity index (χ1n) is 11.2. The zero-order valence-electron chi connectivity index (χ0n) is 20.7. The third-order valence-corrected chi connectivity index (χ3v) is 4.99. The van der Waals surface area contributed by atoms with Gasteiger partial charge >= 0.3 is 11.9 Å². The summed E-state index contributed by atoms with van der Waals surface area (Å²) in [6, 6.07) is -0.411. The average Bonchev–Trinajstić information content (AvgIpc) is 2.75. The number of hydrogen-bond donors (Lipinski definition) is 5. The highest BCUT2D eigenvalue weighted by atomic mass is 19.2. The van der Waals surface area contributed by atoms with E-state index < -0.39 is 59.6 Å². The van der Waals surface area contributed by atoms with Gasteiger partial charge in [-0.2, -0.15) is 0 Å². The number of rotatable bonds is 9. The van der Waals surface area contributed by atoms with E-state index in [9.17, 15) is 32.3 Å². The first kappa shape index (κ1) is 31.8. The molecule has 0 spiro atoms. The molecule has 1 aliphatic rings. The summed E-state index contributed by atoms with van der Waals surface area (Å²) < 4.78 is 45.8. The second kappa shape index (κ2) is 13.9. The molecule has 14 heteroatoms. The second-order valence-corrected chi connectivity index (χ2v) is 9.30. The highest BCUT2D eigenvalue weighted by Crippen LogP contribution is 2.17. The monoisotopic (exact) mass is 535 g/mol. The number of aliphatic hydroxyl groups is 1. The van der Waals surface area contributed by atoms with Crippen molar-refractivity contribution in [3.8, 4) is 0 Å². The number of ether oxygens (including phenoxy) is 1. The molecule has 1 aromatic carbocycles. The summed E-state index contributed by atoms with van der Waals surface area (Å²) >= 11 is 0. The first-order valence-corrected chi connectivity index (χ1v) is 11.2. The molecule has 2 amide bonds. The van der Waals surface area contributed by atoms with Gasteiger partial charge in [-0.1, -0.05) is 0 Å². The van der Waals surface area contributed by atoms with Crippen molar-refractivity contribution in [3.05, 3.63) is 35.1 Å². The normalized spacial score (nSPS) is 17.2. The lowest BCUT2D eigenvalue weighted by atomic mass is 10.0. The molecule has 0 saturated carbocycles. The number of nitrogens with one attached hydrogen (secondary N) is 1. The van der Waals surface area contributed by atoms with Crippen molar-refractivity contribution >= 4 is 23.8 Å². The minimum atomic E-state index is -1.79. The summed E-state index contributed by atoms with van der Waals surface area (Å²) in [6.45, 7) is 6.16. The molecule has 0 aliphatic carbocycles. The van der Waals surface area contributed by atoms with Crippen LogP contribution in [0.15, 0.2) is 12.1 Å². The number of benzene rings is 1. The summed E-state index contributed by atoms with van der Waals surface area (Å²) in [6.07, 6.45) is -2.85. The van der Waals surface area contributed by atoms with Crippen LogP contribution in [0.25, 0.3) is 0 Å². The molecule has 2 rings (SSSR count). The molecule has 1 aromatic rings. The molecule has 0 bridgehead atoms. The summed E-state index contributed by atoms with van der Waals surface area (Å²) in [5.74, 6) is -6.93. The van der Waals surface area contributed by atoms with Crippen LogP contribution in [0.5, 0.6) is 0 Å². The zero-order chi connectivity index (χ0) is 28.5. The molecular weight excluding hydrogens is 503 g/mol. The Morgan fingerprint density at radius 3 is 2.24 bits per heavy atom. The number of carboxylic acids is 2. The number of nitrogens with zero attached hydrogens (tertiary/aromatic N) is 1. The van der Waals surface area contributed by atoms with Crippen molar-refractivity contribution in [2.75, 3.05) is 19.7 Å². The van der Waals surface area contributed by atoms with Crippen LogP contribution < -0.4 is 11.1 Å². The number of nitrogens with two attached hydrogens (primary N) is 1. The maximum absolute atomic E-state index is 13.8. The fourth-order valence-corrected chi connectivity index (χ4v) is 3.18. The fourth-order valence-electron chi connectivity index (χ4n) is 3.18. The molecule has 1 saturated heterocycles. The van der Waals surface area contributed by atoms with Crippen molar-refractivity contribution in [1.29, 1.82) is 0 Å². The smallest absolute Gasteiger partial charge is 0.333 e. The van der Waals surface area contributed by atoms with Crippen LogP contribution in [0.4, 0.5) is 13.2 Å². The maximum atomic E-state index is 13.8. The summed E-state index contributed by atoms with van der Waals surface area (Å²) in [7, 11) is 0. The van der Waals surface area contributed by atoms with Crippen LogP contribution in [0.1, 0.15) is 39.2 Å². The van der Waals surface area contributed by atoms with E-state index in [1.54, 1.807) is 0 Å². The van der Waals surface area contributed by atoms with E-state index in [1.165, 1.54) is 4.90 Å². The molecule has 208 valence electrons. The van der Waals surface area contributed by atoms with Gasteiger partial charge in [0.15, 0.2) is 17.7 Å². The third kappa shape index (κ3) is 11.1. The Kier molecular flexibility index (Phi) is 12.0. The molecule has 37 heavy (non-hydrogen) atoms. The van der Waals surface area contributed by atoms with Gasteiger partial charge in [0.25, 0.3) is 0 Å². The van der Waals surface area contributed by atoms with Gasteiger partial charge in [0.1, 0.15) is 11.9 Å². The zero-order valence-corrected chi connectivity index (χ0v) is 20.7. The van der Waals surface area contributed by atoms with Gasteiger partial charge < -0.3 is 36.0 Å². The van der Waals surface area contributed by atoms with Crippen molar-refractivity contribution in [2.24, 2.45) is 5.73 Å². The molecule has 3 unspecified atom stereocenters. The third-order valence-electron chi connectivity index (χ3n) is 4.99. The van der Waals surface area contributed by atoms with Gasteiger partial charge in [-0.05, 0) is 38.8 Å². The number of carbonyl (C=O) groups excluding carboxylic acids is 2. The Morgan fingerprint density at radius 2 is 1.73 bits per heavy atom. The van der Waals surface area contributed by atoms with E-state index in [2.05, 4.69) is 5.32 Å². The fraction of sp³-hybridized carbons (Fsp3) is 0.565. The van der Waals surface area contributed by atoms with Gasteiger partial charge in [-0.15, -0.1) is 0 Å². The van der Waals surface area contributed by atoms with E-state index in [0.717, 1.165) is 6.07 Å². The highest BCUT2D eigenvalue weighted by molar-refractivity contribution is 5.89. The van der Waals surface area contributed by atoms with Gasteiger partial charge in [0, 0.05) is 31.6 Å². The van der Waals surface area contributed by atoms with Gasteiger partial charge in [-0.25, -0.2) is 18.0 Å². The van der Waals surface area contributed by atoms with Crippen LogP contribution in [0.3, 0.4) is 0 Å². The molecule has 11 nitrogen and oxygen atoms in total. The molecule has 0 radical (unpaired) electrons. The maximum Gasteiger partial charge on any atom is 0.333 e. The number of carboxylic acid groups (broad SMARTS) is 2. The van der Waals surface area contributed by atoms with E-state index in [0.29, 0.717) is 19.2 Å². The molecule has 6 N–H and O–H groups in total. The molecule has 3 atom stereocenters. The van der Waals surface area contributed by atoms with Crippen LogP contribution in [0, 0.1) is 17.5 Å². The lowest BCUT2D eigenvalue weighted by Gasteiger charge is -2.36. The van der Waals surface area contributed by atoms with E-state index in [4.69, 9.17) is 25.8 Å². The van der Waals surface area contributed by atoms with E-state index in [1.807, 2.05) is 20.8 Å². The molecule has 1 fully saturated rings. The molecule has 0 aromatic heterocycles. The molecular formula is C23H32F3N3O8. The number of amides is 2. The lowest BCUT2D eigenvalue weighted by molar-refractivity contribution is -0.152. The molecule has 1 aliphatic heterocycles. The number of halogens is 3. The summed E-state index contributed by atoms with van der Waals surface area (Å²) in [5.41, 5.74) is 5.34. The van der Waals surface area contributed by atoms with Crippen LogP contribution in [-0.2, 0) is 30.3 Å². The quantitative estimate of drug-likeness (QED) is 0.280. The Balaban J connectivity index is 0.000000649. The number of carbonyl (C=O) groups is 4. The van der Waals surface area contributed by atoms with Crippen molar-refractivity contribution in [3.63, 3.8) is 0 Å². The highest BCUT2D eigenvalue weighted by Gasteiger charge is 2.34. The number of aliphatic carboxylic acids is 2. The lowest BCUT2D eigenvalue weighted by Crippen LogP contribution is -2.60. The SMILES string of the molecule is CC(C)(C)OCC1C(=O)NCCN1C(=O)CC(N)Cc1cc(F)c(F)cc1F.O=C(O)CC(O)C(=O)O. The minimum absolute atomic E-state index is 0.0358. The number of hydrogen-bond acceptors (Lipinski definition) is 7. The van der Waals surface area contributed by atoms with E-state index >= 15 is 0 Å². The second-order valence-electron chi connectivity index (χ2n) is 9.30. The minimum Gasteiger partial charge on any atom is -0.481 e. The predicted octanol–water partition coefficient (Wildman–Crippen LogP) is 0.413. The van der Waals surface area contributed by atoms with Gasteiger partial charge in [-0.3, -0.25) is 14.4 Å². The topological polar surface area (TPSA) is 179 Å². The Labute approximate surface area is 211 Å². The van der Waals surface area contributed by atoms with Gasteiger partial charge in [0.05, 0.1) is 18.6 Å². The Morgan fingerprint density at radius 1 is 1.14 bits per heavy atom. The first-order chi connectivity index (χ1) is 17.0. The molecule has 1 heterocycles. The van der Waals surface area contributed by atoms with Crippen LogP contribution >= 0.6 is 0 Å². The Hall–Kier alpha value is -3.23. The summed E-state index contributed by atoms with van der Waals surface area (Å²) in [4.78, 5) is 45.6. The van der Waals surface area contributed by atoms with Crippen molar-refractivity contribution < 1.29 is 52.4 Å². The Bertz CT molecular complexity index is 987. The summed E-state index contributed by atoms with van der Waals surface area (Å²) in [5, 5.41) is 26.8. The van der Waals surface area contributed by atoms with Crippen LogP contribution in [0.2, 0.25) is 0 Å².